The van der Waals surface area contributed by atoms with Crippen molar-refractivity contribution in [1.29, 1.82) is 0 Å². The fourth-order valence-electron chi connectivity index (χ4n) is 1.35. The van der Waals surface area contributed by atoms with Crippen LogP contribution in [-0.2, 0) is 12.2 Å². The Labute approximate surface area is 102 Å². The Morgan fingerprint density at radius 1 is 1.44 bits per heavy atom. The van der Waals surface area contributed by atoms with Crippen LogP contribution in [0.1, 0.15) is 38.9 Å². The van der Waals surface area contributed by atoms with Gasteiger partial charge in [0.2, 0.25) is 5.89 Å². The number of hydrogen-bond donors (Lipinski definition) is 1. The van der Waals surface area contributed by atoms with Gasteiger partial charge in [0.05, 0.1) is 5.75 Å². The summed E-state index contributed by atoms with van der Waals surface area (Å²) in [5.74, 6) is 3.47. The van der Waals surface area contributed by atoms with E-state index in [9.17, 15) is 0 Å². The maximum atomic E-state index is 5.20. The number of nitrogens with zero attached hydrogens (tertiary/aromatic N) is 2. The molecule has 0 bridgehead atoms. The van der Waals surface area contributed by atoms with E-state index in [1.54, 1.807) is 11.8 Å². The van der Waals surface area contributed by atoms with E-state index in [0.717, 1.165) is 42.6 Å². The normalized spacial score (nSPS) is 12.9. The molecular formula is C11H21N3OS. The van der Waals surface area contributed by atoms with Crippen LogP contribution >= 0.6 is 11.8 Å². The van der Waals surface area contributed by atoms with Crippen molar-refractivity contribution in [1.82, 2.24) is 15.5 Å². The molecule has 1 rings (SSSR count). The average Bonchev–Trinajstić information content (AvgIpc) is 2.71. The minimum absolute atomic E-state index is 0.395. The number of nitrogens with one attached hydrogen (secondary N) is 1. The van der Waals surface area contributed by atoms with Gasteiger partial charge >= 0.3 is 0 Å². The van der Waals surface area contributed by atoms with Crippen molar-refractivity contribution in [2.24, 2.45) is 0 Å². The molecular weight excluding hydrogens is 222 g/mol. The third-order valence-corrected chi connectivity index (χ3v) is 3.04. The van der Waals surface area contributed by atoms with Crippen LogP contribution in [0.15, 0.2) is 4.52 Å². The predicted octanol–water partition coefficient (Wildman–Crippen LogP) is 2.25. The van der Waals surface area contributed by atoms with Gasteiger partial charge in [0.25, 0.3) is 0 Å². The van der Waals surface area contributed by atoms with Crippen molar-refractivity contribution in [2.75, 3.05) is 12.3 Å². The van der Waals surface area contributed by atoms with Gasteiger partial charge in [0.15, 0.2) is 5.82 Å². The predicted molar refractivity (Wildman–Crippen MR) is 67.6 cm³/mol. The monoisotopic (exact) mass is 243 g/mol. The highest BCUT2D eigenvalue weighted by atomic mass is 32.2. The summed E-state index contributed by atoms with van der Waals surface area (Å²) in [6.45, 7) is 7.46. The highest BCUT2D eigenvalue weighted by Gasteiger charge is 2.09. The van der Waals surface area contributed by atoms with Crippen LogP contribution in [0, 0.1) is 0 Å². The molecule has 0 amide bonds. The van der Waals surface area contributed by atoms with Crippen LogP contribution < -0.4 is 5.32 Å². The number of thioether (sulfide) groups is 1. The van der Waals surface area contributed by atoms with E-state index in [2.05, 4.69) is 36.2 Å². The van der Waals surface area contributed by atoms with E-state index in [4.69, 9.17) is 4.52 Å². The molecule has 0 aromatic carbocycles. The van der Waals surface area contributed by atoms with Gasteiger partial charge in [0, 0.05) is 12.5 Å². The second-order valence-corrected chi connectivity index (χ2v) is 5.08. The lowest BCUT2D eigenvalue weighted by Gasteiger charge is -2.09. The van der Waals surface area contributed by atoms with E-state index in [1.165, 1.54) is 0 Å². The second kappa shape index (κ2) is 7.68. The lowest BCUT2D eigenvalue weighted by Crippen LogP contribution is -2.28. The Balaban J connectivity index is 2.33. The third-order valence-electron chi connectivity index (χ3n) is 2.17. The molecule has 4 nitrogen and oxygen atoms in total. The zero-order valence-electron chi connectivity index (χ0n) is 10.3. The van der Waals surface area contributed by atoms with Crippen molar-refractivity contribution < 1.29 is 4.52 Å². The first kappa shape index (κ1) is 13.5. The Bertz CT molecular complexity index is 291. The second-order valence-electron chi connectivity index (χ2n) is 3.80. The highest BCUT2D eigenvalue weighted by Crippen LogP contribution is 2.09. The summed E-state index contributed by atoms with van der Waals surface area (Å²) in [5, 5.41) is 7.35. The minimum Gasteiger partial charge on any atom is -0.339 e. The first-order valence-electron chi connectivity index (χ1n) is 5.88. The molecule has 1 aromatic rings. The molecule has 16 heavy (non-hydrogen) atoms. The summed E-state index contributed by atoms with van der Waals surface area (Å²) in [5.41, 5.74) is 0. The number of aromatic nitrogens is 2. The summed E-state index contributed by atoms with van der Waals surface area (Å²) < 4.78 is 5.20. The molecule has 0 saturated carbocycles. The highest BCUT2D eigenvalue weighted by molar-refractivity contribution is 7.98. The molecule has 1 aromatic heterocycles. The van der Waals surface area contributed by atoms with Crippen molar-refractivity contribution in [2.45, 2.75) is 45.4 Å². The molecule has 0 spiro atoms. The van der Waals surface area contributed by atoms with E-state index >= 15 is 0 Å². The van der Waals surface area contributed by atoms with Crippen molar-refractivity contribution in [3.8, 4) is 0 Å². The first-order valence-corrected chi connectivity index (χ1v) is 7.04. The zero-order valence-corrected chi connectivity index (χ0v) is 11.1. The SMILES string of the molecule is CCCNC(C)Cc1nc(CSCC)no1. The van der Waals surface area contributed by atoms with Gasteiger partial charge in [-0.3, -0.25) is 0 Å². The topological polar surface area (TPSA) is 51.0 Å². The largest absolute Gasteiger partial charge is 0.339 e. The van der Waals surface area contributed by atoms with Crippen LogP contribution in [0.5, 0.6) is 0 Å². The molecule has 1 N–H and O–H groups in total. The maximum absolute atomic E-state index is 5.20. The summed E-state index contributed by atoms with van der Waals surface area (Å²) in [6.07, 6.45) is 1.95. The molecule has 0 aliphatic rings. The van der Waals surface area contributed by atoms with Gasteiger partial charge in [0.1, 0.15) is 0 Å². The van der Waals surface area contributed by atoms with Gasteiger partial charge in [-0.25, -0.2) is 0 Å². The first-order chi connectivity index (χ1) is 7.76. The fourth-order valence-corrected chi connectivity index (χ4v) is 1.85. The molecule has 0 saturated heterocycles. The van der Waals surface area contributed by atoms with Crippen LogP contribution in [0.4, 0.5) is 0 Å². The Hall–Kier alpha value is -0.550. The van der Waals surface area contributed by atoms with E-state index in [1.807, 2.05) is 0 Å². The Morgan fingerprint density at radius 2 is 2.25 bits per heavy atom. The minimum atomic E-state index is 0.395. The molecule has 1 heterocycles. The van der Waals surface area contributed by atoms with Crippen LogP contribution in [-0.4, -0.2) is 28.5 Å². The standard InChI is InChI=1S/C11H21N3OS/c1-4-6-12-9(3)7-11-13-10(14-15-11)8-16-5-2/h9,12H,4-8H2,1-3H3. The van der Waals surface area contributed by atoms with Crippen molar-refractivity contribution >= 4 is 11.8 Å². The summed E-state index contributed by atoms with van der Waals surface area (Å²) in [4.78, 5) is 4.36. The van der Waals surface area contributed by atoms with Gasteiger partial charge in [-0.15, -0.1) is 0 Å². The lowest BCUT2D eigenvalue weighted by molar-refractivity contribution is 0.358. The van der Waals surface area contributed by atoms with E-state index in [-0.39, 0.29) is 0 Å². The summed E-state index contributed by atoms with van der Waals surface area (Å²) in [7, 11) is 0. The molecule has 0 fully saturated rings. The number of rotatable bonds is 8. The lowest BCUT2D eigenvalue weighted by atomic mass is 10.2. The third kappa shape index (κ3) is 4.99. The molecule has 92 valence electrons. The number of hydrogen-bond acceptors (Lipinski definition) is 5. The Morgan fingerprint density at radius 3 is 2.94 bits per heavy atom. The zero-order chi connectivity index (χ0) is 11.8. The van der Waals surface area contributed by atoms with E-state index in [0.29, 0.717) is 6.04 Å². The molecule has 0 aliphatic heterocycles. The van der Waals surface area contributed by atoms with Crippen molar-refractivity contribution in [3.63, 3.8) is 0 Å². The molecule has 1 unspecified atom stereocenters. The van der Waals surface area contributed by atoms with Gasteiger partial charge in [-0.2, -0.15) is 16.7 Å². The molecule has 5 heteroatoms. The smallest absolute Gasteiger partial charge is 0.228 e. The quantitative estimate of drug-likeness (QED) is 0.759. The van der Waals surface area contributed by atoms with E-state index < -0.39 is 0 Å². The van der Waals surface area contributed by atoms with Gasteiger partial charge in [-0.05, 0) is 25.6 Å². The van der Waals surface area contributed by atoms with Gasteiger partial charge < -0.3 is 9.84 Å². The van der Waals surface area contributed by atoms with Crippen LogP contribution in [0.25, 0.3) is 0 Å². The van der Waals surface area contributed by atoms with Crippen LogP contribution in [0.2, 0.25) is 0 Å². The molecule has 1 atom stereocenters. The maximum Gasteiger partial charge on any atom is 0.228 e. The van der Waals surface area contributed by atoms with Gasteiger partial charge in [-0.1, -0.05) is 19.0 Å². The summed E-state index contributed by atoms with van der Waals surface area (Å²) in [6, 6.07) is 0.395. The fraction of sp³-hybridized carbons (Fsp3) is 0.818. The molecule has 0 aliphatic carbocycles. The van der Waals surface area contributed by atoms with Crippen LogP contribution in [0.3, 0.4) is 0 Å². The average molecular weight is 243 g/mol. The molecule has 0 radical (unpaired) electrons. The van der Waals surface area contributed by atoms with Crippen molar-refractivity contribution in [3.05, 3.63) is 11.7 Å². The Kier molecular flexibility index (Phi) is 6.49. The summed E-state index contributed by atoms with van der Waals surface area (Å²) >= 11 is 1.81.